The van der Waals surface area contributed by atoms with Gasteiger partial charge in [-0.2, -0.15) is 0 Å². The first kappa shape index (κ1) is 18.4. The molecule has 0 radical (unpaired) electrons. The van der Waals surface area contributed by atoms with E-state index in [-0.39, 0.29) is 24.0 Å². The molecule has 1 aromatic heterocycles. The first-order valence-corrected chi connectivity index (χ1v) is 8.67. The summed E-state index contributed by atoms with van der Waals surface area (Å²) in [5.41, 5.74) is 4.01. The van der Waals surface area contributed by atoms with E-state index in [4.69, 9.17) is 4.98 Å². The molecule has 0 aliphatic carbocycles. The summed E-state index contributed by atoms with van der Waals surface area (Å²) in [6, 6.07) is 20.2. The van der Waals surface area contributed by atoms with Crippen molar-refractivity contribution < 1.29 is 0 Å². The van der Waals surface area contributed by atoms with Crippen LogP contribution < -0.4 is 10.9 Å². The van der Waals surface area contributed by atoms with Gasteiger partial charge in [0.2, 0.25) is 0 Å². The molecule has 26 heavy (non-hydrogen) atoms. The molecule has 0 amide bonds. The van der Waals surface area contributed by atoms with Gasteiger partial charge in [-0.15, -0.1) is 12.4 Å². The third-order valence-corrected chi connectivity index (χ3v) is 4.80. The van der Waals surface area contributed by atoms with E-state index in [1.165, 1.54) is 0 Å². The molecule has 0 saturated heterocycles. The van der Waals surface area contributed by atoms with Gasteiger partial charge in [-0.25, -0.2) is 4.98 Å². The fourth-order valence-corrected chi connectivity index (χ4v) is 3.62. The fraction of sp³-hybridized carbons (Fsp3) is 0.238. The lowest BCUT2D eigenvalue weighted by atomic mass is 9.97. The highest BCUT2D eigenvalue weighted by molar-refractivity contribution is 5.85. The van der Waals surface area contributed by atoms with Crippen LogP contribution in [0.4, 0.5) is 0 Å². The number of fused-ring (bicyclic) bond motifs is 1. The van der Waals surface area contributed by atoms with E-state index in [1.807, 2.05) is 47.9 Å². The Hall–Kier alpha value is -2.43. The van der Waals surface area contributed by atoms with E-state index in [0.29, 0.717) is 6.54 Å². The number of halogens is 1. The van der Waals surface area contributed by atoms with Crippen LogP contribution in [-0.4, -0.2) is 16.1 Å². The first-order chi connectivity index (χ1) is 12.3. The Balaban J connectivity index is 0.00000196. The van der Waals surface area contributed by atoms with Crippen molar-refractivity contribution in [3.05, 3.63) is 99.2 Å². The van der Waals surface area contributed by atoms with E-state index in [2.05, 4.69) is 29.6 Å². The van der Waals surface area contributed by atoms with Crippen molar-refractivity contribution in [2.45, 2.75) is 25.9 Å². The second-order valence-corrected chi connectivity index (χ2v) is 6.41. The molecular weight excluding hydrogens is 346 g/mol. The van der Waals surface area contributed by atoms with Crippen molar-refractivity contribution >= 4 is 12.4 Å². The van der Waals surface area contributed by atoms with Gasteiger partial charge in [-0.1, -0.05) is 60.7 Å². The Kier molecular flexibility index (Phi) is 5.55. The molecule has 2 heterocycles. The van der Waals surface area contributed by atoms with Crippen LogP contribution in [0, 0.1) is 6.92 Å². The number of rotatable bonds is 3. The highest BCUT2D eigenvalue weighted by Crippen LogP contribution is 2.26. The van der Waals surface area contributed by atoms with Crippen LogP contribution in [-0.2, 0) is 13.0 Å². The highest BCUT2D eigenvalue weighted by atomic mass is 35.5. The van der Waals surface area contributed by atoms with Gasteiger partial charge < -0.3 is 5.32 Å². The molecule has 0 atom stereocenters. The van der Waals surface area contributed by atoms with Crippen molar-refractivity contribution in [2.75, 3.05) is 6.54 Å². The monoisotopic (exact) mass is 367 g/mol. The average molecular weight is 368 g/mol. The summed E-state index contributed by atoms with van der Waals surface area (Å²) < 4.78 is 1.86. The van der Waals surface area contributed by atoms with Crippen molar-refractivity contribution in [1.29, 1.82) is 0 Å². The number of nitrogens with one attached hydrogen (secondary N) is 1. The van der Waals surface area contributed by atoms with Crippen LogP contribution in [0.25, 0.3) is 0 Å². The van der Waals surface area contributed by atoms with Gasteiger partial charge in [-0.3, -0.25) is 9.36 Å². The Morgan fingerprint density at radius 1 is 1.00 bits per heavy atom. The molecule has 0 unspecified atom stereocenters. The number of hydrogen-bond donors (Lipinski definition) is 1. The van der Waals surface area contributed by atoms with Crippen LogP contribution in [0.5, 0.6) is 0 Å². The lowest BCUT2D eigenvalue weighted by molar-refractivity contribution is 0.557. The van der Waals surface area contributed by atoms with Crippen LogP contribution in [0.2, 0.25) is 0 Å². The van der Waals surface area contributed by atoms with Gasteiger partial charge in [0.1, 0.15) is 5.82 Å². The molecule has 0 spiro atoms. The predicted molar refractivity (Wildman–Crippen MR) is 106 cm³/mol. The van der Waals surface area contributed by atoms with E-state index < -0.39 is 0 Å². The minimum Gasteiger partial charge on any atom is -0.311 e. The molecule has 0 saturated carbocycles. The number of benzene rings is 2. The largest absolute Gasteiger partial charge is 0.311 e. The molecule has 1 aliphatic heterocycles. The summed E-state index contributed by atoms with van der Waals surface area (Å²) in [6.45, 7) is 3.43. The van der Waals surface area contributed by atoms with E-state index in [1.54, 1.807) is 0 Å². The summed E-state index contributed by atoms with van der Waals surface area (Å²) in [5, 5.41) is 3.30. The van der Waals surface area contributed by atoms with Crippen LogP contribution in [0.1, 0.15) is 34.3 Å². The topological polar surface area (TPSA) is 46.9 Å². The molecular formula is C21H22ClN3O. The standard InChI is InChI=1S/C21H21N3O.ClH/c1-15-23-19-14-22-13-12-18(19)21(25)24(15)20(16-8-4-2-5-9-16)17-10-6-3-7-11-17;/h2-11,20,22H,12-14H2,1H3;1H. The van der Waals surface area contributed by atoms with Gasteiger partial charge in [0, 0.05) is 12.1 Å². The number of aryl methyl sites for hydroxylation is 1. The van der Waals surface area contributed by atoms with Crippen LogP contribution >= 0.6 is 12.4 Å². The van der Waals surface area contributed by atoms with Crippen LogP contribution in [0.3, 0.4) is 0 Å². The lowest BCUT2D eigenvalue weighted by Crippen LogP contribution is -2.38. The Bertz CT molecular complexity index is 899. The highest BCUT2D eigenvalue weighted by Gasteiger charge is 2.24. The lowest BCUT2D eigenvalue weighted by Gasteiger charge is -2.26. The molecule has 0 fully saturated rings. The maximum absolute atomic E-state index is 13.3. The molecule has 1 aliphatic rings. The quantitative estimate of drug-likeness (QED) is 0.773. The van der Waals surface area contributed by atoms with Gasteiger partial charge in [-0.05, 0) is 31.0 Å². The zero-order chi connectivity index (χ0) is 17.2. The van der Waals surface area contributed by atoms with Crippen molar-refractivity contribution in [1.82, 2.24) is 14.9 Å². The van der Waals surface area contributed by atoms with Crippen molar-refractivity contribution in [2.24, 2.45) is 0 Å². The molecule has 2 aromatic carbocycles. The summed E-state index contributed by atoms with van der Waals surface area (Å²) in [5.74, 6) is 0.755. The summed E-state index contributed by atoms with van der Waals surface area (Å²) >= 11 is 0. The van der Waals surface area contributed by atoms with E-state index >= 15 is 0 Å². The first-order valence-electron chi connectivity index (χ1n) is 8.67. The molecule has 134 valence electrons. The van der Waals surface area contributed by atoms with Gasteiger partial charge >= 0.3 is 0 Å². The third kappa shape index (κ3) is 3.30. The zero-order valence-electron chi connectivity index (χ0n) is 14.7. The second kappa shape index (κ2) is 7.85. The summed E-state index contributed by atoms with van der Waals surface area (Å²) in [7, 11) is 0. The molecule has 4 rings (SSSR count). The molecule has 0 bridgehead atoms. The number of nitrogens with zero attached hydrogens (tertiary/aromatic N) is 2. The summed E-state index contributed by atoms with van der Waals surface area (Å²) in [6.07, 6.45) is 0.734. The van der Waals surface area contributed by atoms with Gasteiger partial charge in [0.15, 0.2) is 0 Å². The average Bonchev–Trinajstić information content (AvgIpc) is 2.66. The Morgan fingerprint density at radius 2 is 1.58 bits per heavy atom. The van der Waals surface area contributed by atoms with Gasteiger partial charge in [0.25, 0.3) is 5.56 Å². The SMILES string of the molecule is Cc1nc2c(c(=O)n1C(c1ccccc1)c1ccccc1)CCNC2.Cl. The normalized spacial score (nSPS) is 13.2. The fourth-order valence-electron chi connectivity index (χ4n) is 3.62. The van der Waals surface area contributed by atoms with Crippen molar-refractivity contribution in [3.8, 4) is 0 Å². The molecule has 5 heteroatoms. The molecule has 1 N–H and O–H groups in total. The number of aromatic nitrogens is 2. The minimum absolute atomic E-state index is 0. The van der Waals surface area contributed by atoms with E-state index in [0.717, 1.165) is 41.2 Å². The third-order valence-electron chi connectivity index (χ3n) is 4.80. The zero-order valence-corrected chi connectivity index (χ0v) is 15.5. The van der Waals surface area contributed by atoms with Crippen LogP contribution in [0.15, 0.2) is 65.5 Å². The molecule has 3 aromatic rings. The Morgan fingerprint density at radius 3 is 2.15 bits per heavy atom. The van der Waals surface area contributed by atoms with Gasteiger partial charge in [0.05, 0.1) is 11.7 Å². The van der Waals surface area contributed by atoms with Crippen molar-refractivity contribution in [3.63, 3.8) is 0 Å². The summed E-state index contributed by atoms with van der Waals surface area (Å²) in [4.78, 5) is 18.1. The second-order valence-electron chi connectivity index (χ2n) is 6.41. The maximum Gasteiger partial charge on any atom is 0.257 e. The Labute approximate surface area is 159 Å². The van der Waals surface area contributed by atoms with E-state index in [9.17, 15) is 4.79 Å². The smallest absolute Gasteiger partial charge is 0.257 e. The molecule has 4 nitrogen and oxygen atoms in total. The maximum atomic E-state index is 13.3. The predicted octanol–water partition coefficient (Wildman–Crippen LogP) is 3.26. The number of hydrogen-bond acceptors (Lipinski definition) is 3. The minimum atomic E-state index is -0.164.